The number of nitrogens with one attached hydrogen (secondary N) is 1. The van der Waals surface area contributed by atoms with Crippen molar-refractivity contribution in [1.29, 1.82) is 0 Å². The molecule has 1 unspecified atom stereocenters. The molecule has 0 spiro atoms. The van der Waals surface area contributed by atoms with Gasteiger partial charge in [0, 0.05) is 17.6 Å². The van der Waals surface area contributed by atoms with Gasteiger partial charge in [0.25, 0.3) is 0 Å². The zero-order valence-electron chi connectivity index (χ0n) is 11.4. The second-order valence-corrected chi connectivity index (χ2v) is 5.73. The van der Waals surface area contributed by atoms with Gasteiger partial charge >= 0.3 is 0 Å². The first-order valence-corrected chi connectivity index (χ1v) is 7.30. The van der Waals surface area contributed by atoms with Crippen molar-refractivity contribution in [2.24, 2.45) is 11.1 Å². The lowest BCUT2D eigenvalue weighted by atomic mass is 9.82. The summed E-state index contributed by atoms with van der Waals surface area (Å²) < 4.78 is 0. The van der Waals surface area contributed by atoms with Gasteiger partial charge in [-0.3, -0.25) is 0 Å². The highest BCUT2D eigenvalue weighted by molar-refractivity contribution is 7.09. The monoisotopic (exact) mass is 255 g/mol. The van der Waals surface area contributed by atoms with Gasteiger partial charge in [0.15, 0.2) is 0 Å². The lowest BCUT2D eigenvalue weighted by Crippen LogP contribution is -2.40. The van der Waals surface area contributed by atoms with E-state index < -0.39 is 0 Å². The number of rotatable bonds is 7. The van der Waals surface area contributed by atoms with Crippen molar-refractivity contribution in [2.75, 3.05) is 13.1 Å². The molecule has 0 saturated carbocycles. The third-order valence-electron chi connectivity index (χ3n) is 3.72. The Labute approximate surface area is 109 Å². The average Bonchev–Trinajstić information content (AvgIpc) is 2.78. The van der Waals surface area contributed by atoms with Gasteiger partial charge in [0.2, 0.25) is 0 Å². The number of aryl methyl sites for hydroxylation is 1. The lowest BCUT2D eigenvalue weighted by molar-refractivity contribution is 0.250. The van der Waals surface area contributed by atoms with E-state index in [1.54, 1.807) is 11.3 Å². The molecular formula is C13H25N3S. The van der Waals surface area contributed by atoms with E-state index in [-0.39, 0.29) is 5.41 Å². The molecule has 0 radical (unpaired) electrons. The molecule has 17 heavy (non-hydrogen) atoms. The Morgan fingerprint density at radius 2 is 2.12 bits per heavy atom. The number of hydrogen-bond donors (Lipinski definition) is 2. The summed E-state index contributed by atoms with van der Waals surface area (Å²) in [4.78, 5) is 4.51. The SMILES string of the molecule is CCC(CC)(CN)CNC(C)c1nc(C)cs1. The number of hydrogen-bond acceptors (Lipinski definition) is 4. The molecular weight excluding hydrogens is 230 g/mol. The van der Waals surface area contributed by atoms with Crippen LogP contribution in [0.4, 0.5) is 0 Å². The fraction of sp³-hybridized carbons (Fsp3) is 0.769. The molecule has 1 aromatic rings. The van der Waals surface area contributed by atoms with Crippen LogP contribution < -0.4 is 11.1 Å². The Morgan fingerprint density at radius 3 is 2.53 bits per heavy atom. The van der Waals surface area contributed by atoms with Crippen molar-refractivity contribution in [3.63, 3.8) is 0 Å². The summed E-state index contributed by atoms with van der Waals surface area (Å²) in [5.41, 5.74) is 7.25. The van der Waals surface area contributed by atoms with Crippen LogP contribution in [0.2, 0.25) is 0 Å². The molecule has 1 heterocycles. The maximum Gasteiger partial charge on any atom is 0.110 e. The van der Waals surface area contributed by atoms with Crippen LogP contribution >= 0.6 is 11.3 Å². The first-order valence-electron chi connectivity index (χ1n) is 6.42. The molecule has 1 rings (SSSR count). The normalized spacial score (nSPS) is 13.9. The summed E-state index contributed by atoms with van der Waals surface area (Å²) in [7, 11) is 0. The van der Waals surface area contributed by atoms with E-state index in [4.69, 9.17) is 5.73 Å². The second kappa shape index (κ2) is 6.47. The Morgan fingerprint density at radius 1 is 1.47 bits per heavy atom. The van der Waals surface area contributed by atoms with E-state index in [1.807, 2.05) is 6.92 Å². The molecule has 0 aliphatic rings. The number of nitrogens with zero attached hydrogens (tertiary/aromatic N) is 1. The molecule has 0 fully saturated rings. The van der Waals surface area contributed by atoms with Crippen LogP contribution in [0.25, 0.3) is 0 Å². The predicted octanol–water partition coefficient (Wildman–Crippen LogP) is 2.87. The highest BCUT2D eigenvalue weighted by atomic mass is 32.1. The van der Waals surface area contributed by atoms with Gasteiger partial charge in [-0.15, -0.1) is 11.3 Å². The lowest BCUT2D eigenvalue weighted by Gasteiger charge is -2.31. The molecule has 1 aromatic heterocycles. The molecule has 4 heteroatoms. The standard InChI is InChI=1S/C13H25N3S/c1-5-13(6-2,8-14)9-15-11(4)12-16-10(3)7-17-12/h7,11,15H,5-6,8-9,14H2,1-4H3. The summed E-state index contributed by atoms with van der Waals surface area (Å²) in [6.07, 6.45) is 2.24. The predicted molar refractivity (Wildman–Crippen MR) is 75.3 cm³/mol. The Kier molecular flexibility index (Phi) is 5.56. The van der Waals surface area contributed by atoms with Gasteiger partial charge in [-0.1, -0.05) is 13.8 Å². The van der Waals surface area contributed by atoms with E-state index >= 15 is 0 Å². The summed E-state index contributed by atoms with van der Waals surface area (Å²) in [6.45, 7) is 10.4. The largest absolute Gasteiger partial charge is 0.330 e. The van der Waals surface area contributed by atoms with Crippen molar-refractivity contribution in [3.05, 3.63) is 16.1 Å². The summed E-state index contributed by atoms with van der Waals surface area (Å²) >= 11 is 1.73. The summed E-state index contributed by atoms with van der Waals surface area (Å²) in [6, 6.07) is 0.317. The molecule has 0 aliphatic carbocycles. The third-order valence-corrected chi connectivity index (χ3v) is 4.87. The maximum atomic E-state index is 5.90. The van der Waals surface area contributed by atoms with Gasteiger partial charge in [0.05, 0.1) is 6.04 Å². The molecule has 0 aliphatic heterocycles. The third kappa shape index (κ3) is 3.76. The van der Waals surface area contributed by atoms with E-state index in [1.165, 1.54) is 5.01 Å². The summed E-state index contributed by atoms with van der Waals surface area (Å²) in [5.74, 6) is 0. The molecule has 3 nitrogen and oxygen atoms in total. The molecule has 0 amide bonds. The minimum Gasteiger partial charge on any atom is -0.330 e. The maximum absolute atomic E-state index is 5.90. The molecule has 1 atom stereocenters. The van der Waals surface area contributed by atoms with Crippen LogP contribution in [0.5, 0.6) is 0 Å². The van der Waals surface area contributed by atoms with Crippen LogP contribution in [-0.2, 0) is 0 Å². The molecule has 98 valence electrons. The van der Waals surface area contributed by atoms with Crippen LogP contribution in [0.15, 0.2) is 5.38 Å². The smallest absolute Gasteiger partial charge is 0.110 e. The topological polar surface area (TPSA) is 50.9 Å². The molecule has 0 saturated heterocycles. The fourth-order valence-corrected chi connectivity index (χ4v) is 2.72. The van der Waals surface area contributed by atoms with Gasteiger partial charge in [-0.25, -0.2) is 4.98 Å². The van der Waals surface area contributed by atoms with Crippen molar-refractivity contribution in [3.8, 4) is 0 Å². The van der Waals surface area contributed by atoms with E-state index in [2.05, 4.69) is 36.5 Å². The quantitative estimate of drug-likeness (QED) is 0.787. The fourth-order valence-electron chi connectivity index (χ4n) is 1.89. The first-order chi connectivity index (χ1) is 8.06. The van der Waals surface area contributed by atoms with Gasteiger partial charge in [-0.05, 0) is 38.6 Å². The first kappa shape index (κ1) is 14.6. The van der Waals surface area contributed by atoms with Crippen LogP contribution in [0.3, 0.4) is 0 Å². The van der Waals surface area contributed by atoms with E-state index in [0.717, 1.165) is 31.6 Å². The van der Waals surface area contributed by atoms with Crippen LogP contribution in [0, 0.1) is 12.3 Å². The van der Waals surface area contributed by atoms with Crippen molar-refractivity contribution in [2.45, 2.75) is 46.6 Å². The van der Waals surface area contributed by atoms with Gasteiger partial charge in [-0.2, -0.15) is 0 Å². The Balaban J connectivity index is 2.55. The zero-order chi connectivity index (χ0) is 12.9. The van der Waals surface area contributed by atoms with Gasteiger partial charge in [0.1, 0.15) is 5.01 Å². The van der Waals surface area contributed by atoms with Crippen molar-refractivity contribution >= 4 is 11.3 Å². The Hall–Kier alpha value is -0.450. The van der Waals surface area contributed by atoms with E-state index in [9.17, 15) is 0 Å². The molecule has 0 aromatic carbocycles. The van der Waals surface area contributed by atoms with Crippen molar-refractivity contribution < 1.29 is 0 Å². The molecule has 3 N–H and O–H groups in total. The average molecular weight is 255 g/mol. The Bertz CT molecular complexity index is 323. The van der Waals surface area contributed by atoms with Crippen LogP contribution in [-0.4, -0.2) is 18.1 Å². The highest BCUT2D eigenvalue weighted by Crippen LogP contribution is 2.25. The minimum atomic E-state index is 0.237. The number of nitrogens with two attached hydrogens (primary N) is 1. The van der Waals surface area contributed by atoms with E-state index in [0.29, 0.717) is 6.04 Å². The number of thiazole rings is 1. The number of aromatic nitrogens is 1. The van der Waals surface area contributed by atoms with Gasteiger partial charge < -0.3 is 11.1 Å². The van der Waals surface area contributed by atoms with Crippen LogP contribution in [0.1, 0.15) is 50.4 Å². The second-order valence-electron chi connectivity index (χ2n) is 4.84. The molecule has 0 bridgehead atoms. The minimum absolute atomic E-state index is 0.237. The highest BCUT2D eigenvalue weighted by Gasteiger charge is 2.25. The van der Waals surface area contributed by atoms with Crippen molar-refractivity contribution in [1.82, 2.24) is 10.3 Å². The zero-order valence-corrected chi connectivity index (χ0v) is 12.2. The summed E-state index contributed by atoms with van der Waals surface area (Å²) in [5, 5.41) is 6.84.